The van der Waals surface area contributed by atoms with E-state index in [0.717, 1.165) is 0 Å². The summed E-state index contributed by atoms with van der Waals surface area (Å²) in [6.45, 7) is 16.0. The van der Waals surface area contributed by atoms with Crippen molar-refractivity contribution < 1.29 is 17.9 Å². The molecule has 0 spiro atoms. The Balaban J connectivity index is 0.00000148. The summed E-state index contributed by atoms with van der Waals surface area (Å²) in [6.07, 6.45) is 0. The first kappa shape index (κ1) is 33.4. The number of sulfone groups is 1. The highest BCUT2D eigenvalue weighted by Crippen LogP contribution is 2.28. The Morgan fingerprint density at radius 3 is 0.892 bits per heavy atom. The van der Waals surface area contributed by atoms with Crippen LogP contribution in [0.3, 0.4) is 0 Å². The topological polar surface area (TPSA) is 52.6 Å². The maximum Gasteiger partial charge on any atom is 0.206 e. The molecule has 4 aromatic rings. The second-order valence-corrected chi connectivity index (χ2v) is 8.23. The van der Waals surface area contributed by atoms with E-state index in [1.165, 1.54) is 0 Å². The van der Waals surface area contributed by atoms with E-state index < -0.39 is 9.84 Å². The van der Waals surface area contributed by atoms with Crippen LogP contribution in [0.15, 0.2) is 119 Å². The molecule has 0 atom stereocenters. The quantitative estimate of drug-likeness (QED) is 0.253. The van der Waals surface area contributed by atoms with Crippen LogP contribution in [0.1, 0.15) is 55.4 Å². The van der Waals surface area contributed by atoms with Crippen molar-refractivity contribution in [3.05, 3.63) is 109 Å². The molecule has 0 saturated heterocycles. The second kappa shape index (κ2) is 19.6. The molecule has 0 aliphatic rings. The van der Waals surface area contributed by atoms with Crippen LogP contribution in [0.4, 0.5) is 0 Å². The van der Waals surface area contributed by atoms with Crippen LogP contribution < -0.4 is 9.47 Å². The Morgan fingerprint density at radius 1 is 0.378 bits per heavy atom. The van der Waals surface area contributed by atoms with Gasteiger partial charge in [-0.05, 0) is 72.8 Å². The standard InChI is InChI=1S/C24H18O4S.4C2H6/c25-29(26,23-15-11-21(12-16-23)27-19-7-3-1-4-8-19)24-17-13-22(14-18-24)28-20-9-5-2-6-10-20;4*1-2/h1-18H;4*1-2H3. The van der Waals surface area contributed by atoms with Crippen molar-refractivity contribution in [2.75, 3.05) is 0 Å². The highest BCUT2D eigenvalue weighted by atomic mass is 32.2. The highest BCUT2D eigenvalue weighted by molar-refractivity contribution is 7.91. The van der Waals surface area contributed by atoms with Gasteiger partial charge in [0.15, 0.2) is 0 Å². The van der Waals surface area contributed by atoms with E-state index in [9.17, 15) is 8.42 Å². The van der Waals surface area contributed by atoms with Gasteiger partial charge >= 0.3 is 0 Å². The third-order valence-electron chi connectivity index (χ3n) is 4.23. The minimum Gasteiger partial charge on any atom is -0.457 e. The monoisotopic (exact) mass is 522 g/mol. The molecule has 0 aliphatic carbocycles. The van der Waals surface area contributed by atoms with E-state index in [4.69, 9.17) is 9.47 Å². The number of hydrogen-bond donors (Lipinski definition) is 0. The van der Waals surface area contributed by atoms with Crippen molar-refractivity contribution in [3.63, 3.8) is 0 Å². The third kappa shape index (κ3) is 10.9. The molecule has 0 bridgehead atoms. The van der Waals surface area contributed by atoms with E-state index >= 15 is 0 Å². The first-order chi connectivity index (χ1) is 18.1. The minimum atomic E-state index is -3.63. The fourth-order valence-corrected chi connectivity index (χ4v) is 4.02. The molecule has 0 aliphatic heterocycles. The van der Waals surface area contributed by atoms with E-state index in [0.29, 0.717) is 23.0 Å². The van der Waals surface area contributed by atoms with Gasteiger partial charge in [-0.2, -0.15) is 0 Å². The zero-order valence-corrected chi connectivity index (χ0v) is 24.3. The molecule has 4 nitrogen and oxygen atoms in total. The van der Waals surface area contributed by atoms with E-state index in [1.807, 2.05) is 116 Å². The lowest BCUT2D eigenvalue weighted by atomic mass is 10.3. The van der Waals surface area contributed by atoms with Crippen molar-refractivity contribution in [2.45, 2.75) is 65.2 Å². The molecule has 0 amide bonds. The maximum atomic E-state index is 12.9. The molecule has 0 heterocycles. The molecular weight excluding hydrogens is 480 g/mol. The van der Waals surface area contributed by atoms with Crippen molar-refractivity contribution in [1.29, 1.82) is 0 Å². The number of benzene rings is 4. The molecule has 200 valence electrons. The van der Waals surface area contributed by atoms with Crippen molar-refractivity contribution in [3.8, 4) is 23.0 Å². The molecule has 0 aromatic heterocycles. The normalized spacial score (nSPS) is 9.30. The highest BCUT2D eigenvalue weighted by Gasteiger charge is 2.18. The molecule has 4 aromatic carbocycles. The summed E-state index contributed by atoms with van der Waals surface area (Å²) < 4.78 is 37.2. The summed E-state index contributed by atoms with van der Waals surface area (Å²) in [7, 11) is -3.63. The summed E-state index contributed by atoms with van der Waals surface area (Å²) in [4.78, 5) is 0.407. The molecule has 4 rings (SSSR count). The van der Waals surface area contributed by atoms with E-state index in [-0.39, 0.29) is 9.79 Å². The summed E-state index contributed by atoms with van der Waals surface area (Å²) in [5.41, 5.74) is 0. The van der Waals surface area contributed by atoms with Crippen LogP contribution in [-0.4, -0.2) is 8.42 Å². The zero-order valence-electron chi connectivity index (χ0n) is 23.4. The smallest absolute Gasteiger partial charge is 0.206 e. The Kier molecular flexibility index (Phi) is 17.7. The van der Waals surface area contributed by atoms with Crippen LogP contribution in [0.2, 0.25) is 0 Å². The minimum absolute atomic E-state index is 0.203. The van der Waals surface area contributed by atoms with Gasteiger partial charge in [0.1, 0.15) is 23.0 Å². The average Bonchev–Trinajstić information content (AvgIpc) is 2.99. The second-order valence-electron chi connectivity index (χ2n) is 6.28. The van der Waals surface area contributed by atoms with Crippen LogP contribution >= 0.6 is 0 Å². The third-order valence-corrected chi connectivity index (χ3v) is 6.01. The van der Waals surface area contributed by atoms with Crippen LogP contribution in [-0.2, 0) is 9.84 Å². The maximum absolute atomic E-state index is 12.9. The number of ether oxygens (including phenoxy) is 2. The number of para-hydroxylation sites is 2. The fourth-order valence-electron chi connectivity index (χ4n) is 2.76. The van der Waals surface area contributed by atoms with Gasteiger partial charge in [-0.3, -0.25) is 0 Å². The van der Waals surface area contributed by atoms with Crippen LogP contribution in [0.25, 0.3) is 0 Å². The molecule has 0 saturated carbocycles. The van der Waals surface area contributed by atoms with Gasteiger partial charge in [0.25, 0.3) is 0 Å². The SMILES string of the molecule is CC.CC.CC.CC.O=S(=O)(c1ccc(Oc2ccccc2)cc1)c1ccc(Oc2ccccc2)cc1. The van der Waals surface area contributed by atoms with Gasteiger partial charge in [0.05, 0.1) is 9.79 Å². The Bertz CT molecular complexity index is 1080. The van der Waals surface area contributed by atoms with Crippen molar-refractivity contribution in [1.82, 2.24) is 0 Å². The molecular formula is C32H42O4S. The first-order valence-electron chi connectivity index (χ1n) is 13.0. The largest absolute Gasteiger partial charge is 0.457 e. The van der Waals surface area contributed by atoms with Gasteiger partial charge in [-0.25, -0.2) is 8.42 Å². The lowest BCUT2D eigenvalue weighted by molar-refractivity contribution is 0.482. The molecule has 0 unspecified atom stereocenters. The van der Waals surface area contributed by atoms with Gasteiger partial charge in [-0.1, -0.05) is 91.8 Å². The van der Waals surface area contributed by atoms with Crippen LogP contribution in [0, 0.1) is 0 Å². The first-order valence-corrected chi connectivity index (χ1v) is 14.5. The Morgan fingerprint density at radius 2 is 0.622 bits per heavy atom. The molecule has 0 N–H and O–H groups in total. The van der Waals surface area contributed by atoms with Gasteiger partial charge in [0.2, 0.25) is 9.84 Å². The zero-order chi connectivity index (χ0) is 28.1. The number of rotatable bonds is 6. The van der Waals surface area contributed by atoms with Crippen molar-refractivity contribution in [2.24, 2.45) is 0 Å². The molecule has 5 heteroatoms. The Labute approximate surface area is 224 Å². The summed E-state index contributed by atoms with van der Waals surface area (Å²) in [6, 6.07) is 31.4. The predicted molar refractivity (Wildman–Crippen MR) is 157 cm³/mol. The van der Waals surface area contributed by atoms with Gasteiger partial charge in [0, 0.05) is 0 Å². The van der Waals surface area contributed by atoms with Gasteiger partial charge < -0.3 is 9.47 Å². The van der Waals surface area contributed by atoms with E-state index in [1.54, 1.807) is 48.5 Å². The fraction of sp³-hybridized carbons (Fsp3) is 0.250. The summed E-state index contributed by atoms with van der Waals surface area (Å²) in [5.74, 6) is 2.53. The lowest BCUT2D eigenvalue weighted by Gasteiger charge is -2.09. The number of hydrogen-bond acceptors (Lipinski definition) is 4. The van der Waals surface area contributed by atoms with Gasteiger partial charge in [-0.15, -0.1) is 0 Å². The summed E-state index contributed by atoms with van der Waals surface area (Å²) in [5, 5.41) is 0. The Hall–Kier alpha value is -3.57. The molecule has 0 fully saturated rings. The molecule has 37 heavy (non-hydrogen) atoms. The summed E-state index contributed by atoms with van der Waals surface area (Å²) >= 11 is 0. The van der Waals surface area contributed by atoms with Crippen LogP contribution in [0.5, 0.6) is 23.0 Å². The lowest BCUT2D eigenvalue weighted by Crippen LogP contribution is -2.01. The van der Waals surface area contributed by atoms with Crippen molar-refractivity contribution >= 4 is 9.84 Å². The average molecular weight is 523 g/mol. The predicted octanol–water partition coefficient (Wildman–Crippen LogP) is 10.2. The van der Waals surface area contributed by atoms with E-state index in [2.05, 4.69) is 0 Å². The molecule has 0 radical (unpaired) electrons.